The van der Waals surface area contributed by atoms with Crippen molar-refractivity contribution >= 4 is 10.9 Å². The molecule has 0 radical (unpaired) electrons. The van der Waals surface area contributed by atoms with Gasteiger partial charge < -0.3 is 15.0 Å². The Morgan fingerprint density at radius 2 is 1.97 bits per heavy atom. The van der Waals surface area contributed by atoms with Crippen LogP contribution in [-0.4, -0.2) is 73.5 Å². The molecule has 2 aliphatic rings. The monoisotopic (exact) mass is 470 g/mol. The van der Waals surface area contributed by atoms with Crippen LogP contribution >= 0.6 is 0 Å². The number of hydrogen-bond acceptors (Lipinski definition) is 5. The van der Waals surface area contributed by atoms with Gasteiger partial charge in [0.25, 0.3) is 0 Å². The van der Waals surface area contributed by atoms with Gasteiger partial charge in [-0.1, -0.05) is 30.3 Å². The van der Waals surface area contributed by atoms with Gasteiger partial charge in [0, 0.05) is 36.7 Å². The number of nitrogens with one attached hydrogen (secondary N) is 1. The van der Waals surface area contributed by atoms with Gasteiger partial charge in [-0.15, -0.1) is 0 Å². The lowest BCUT2D eigenvalue weighted by atomic mass is 9.91. The van der Waals surface area contributed by atoms with E-state index in [1.807, 2.05) is 4.68 Å². The normalized spacial score (nSPS) is 23.9. The van der Waals surface area contributed by atoms with Crippen molar-refractivity contribution in [2.24, 2.45) is 5.92 Å². The number of fused-ring (bicyclic) bond motifs is 1. The number of benzene rings is 2. The summed E-state index contributed by atoms with van der Waals surface area (Å²) in [6, 6.07) is 17.1. The van der Waals surface area contributed by atoms with E-state index in [0.29, 0.717) is 5.92 Å². The van der Waals surface area contributed by atoms with Crippen LogP contribution in [0.25, 0.3) is 16.6 Å². The highest BCUT2D eigenvalue weighted by Crippen LogP contribution is 2.33. The van der Waals surface area contributed by atoms with E-state index in [-0.39, 0.29) is 12.1 Å². The van der Waals surface area contributed by atoms with Crippen molar-refractivity contribution < 1.29 is 5.11 Å². The van der Waals surface area contributed by atoms with E-state index in [0.717, 1.165) is 57.7 Å². The second kappa shape index (κ2) is 9.93. The summed E-state index contributed by atoms with van der Waals surface area (Å²) < 4.78 is 1.81. The lowest BCUT2D eigenvalue weighted by Gasteiger charge is -2.40. The summed E-state index contributed by atoms with van der Waals surface area (Å²) in [5, 5.41) is 16.3. The predicted molar refractivity (Wildman–Crippen MR) is 137 cm³/mol. The molecule has 7 nitrogen and oxygen atoms in total. The van der Waals surface area contributed by atoms with Gasteiger partial charge in [-0.25, -0.2) is 9.67 Å². The van der Waals surface area contributed by atoms with Gasteiger partial charge in [-0.2, -0.15) is 5.10 Å². The first-order valence-corrected chi connectivity index (χ1v) is 12.9. The number of aromatic nitrogens is 4. The molecule has 2 fully saturated rings. The zero-order chi connectivity index (χ0) is 23.6. The average Bonchev–Trinajstić information content (AvgIpc) is 3.65. The molecule has 2 aliphatic heterocycles. The van der Waals surface area contributed by atoms with E-state index in [4.69, 9.17) is 0 Å². The van der Waals surface area contributed by atoms with Crippen molar-refractivity contribution in [2.45, 2.75) is 37.8 Å². The molecule has 6 rings (SSSR count). The lowest BCUT2D eigenvalue weighted by Crippen LogP contribution is -2.44. The zero-order valence-corrected chi connectivity index (χ0v) is 20.1. The Hall–Kier alpha value is -3.00. The summed E-state index contributed by atoms with van der Waals surface area (Å²) in [6.07, 6.45) is 9.44. The molecule has 7 heteroatoms. The van der Waals surface area contributed by atoms with Crippen molar-refractivity contribution in [1.82, 2.24) is 29.5 Å². The molecule has 0 aliphatic carbocycles. The number of aliphatic hydroxyl groups excluding tert-OH is 1. The molecule has 2 aromatic carbocycles. The molecular formula is C28H34N6O. The highest BCUT2D eigenvalue weighted by atomic mass is 16.3. The summed E-state index contributed by atoms with van der Waals surface area (Å²) in [5.41, 5.74) is 4.81. The van der Waals surface area contributed by atoms with Crippen LogP contribution in [0.1, 0.15) is 36.4 Å². The molecule has 35 heavy (non-hydrogen) atoms. The van der Waals surface area contributed by atoms with Crippen LogP contribution in [0.4, 0.5) is 0 Å². The Morgan fingerprint density at radius 3 is 2.83 bits per heavy atom. The third kappa shape index (κ3) is 4.76. The Bertz CT molecular complexity index is 1240. The molecule has 0 saturated carbocycles. The lowest BCUT2D eigenvalue weighted by molar-refractivity contribution is 0.00252. The van der Waals surface area contributed by atoms with Crippen LogP contribution < -0.4 is 0 Å². The number of likely N-dealkylation sites (tertiary alicyclic amines) is 2. The molecule has 2 unspecified atom stereocenters. The molecule has 182 valence electrons. The molecule has 4 aromatic rings. The molecule has 0 amide bonds. The Kier molecular flexibility index (Phi) is 6.37. The van der Waals surface area contributed by atoms with Crippen molar-refractivity contribution in [3.05, 3.63) is 78.5 Å². The topological polar surface area (TPSA) is 73.2 Å². The van der Waals surface area contributed by atoms with E-state index in [1.54, 1.807) is 12.7 Å². The van der Waals surface area contributed by atoms with Crippen LogP contribution in [0, 0.1) is 5.92 Å². The van der Waals surface area contributed by atoms with Crippen LogP contribution in [-0.2, 0) is 6.42 Å². The van der Waals surface area contributed by atoms with Crippen LogP contribution in [0.5, 0.6) is 0 Å². The van der Waals surface area contributed by atoms with E-state index in [9.17, 15) is 5.11 Å². The summed E-state index contributed by atoms with van der Waals surface area (Å²) >= 11 is 0. The molecule has 4 heterocycles. The Balaban J connectivity index is 1.08. The van der Waals surface area contributed by atoms with Gasteiger partial charge >= 0.3 is 0 Å². The molecule has 0 spiro atoms. The van der Waals surface area contributed by atoms with Gasteiger partial charge in [0.15, 0.2) is 0 Å². The minimum Gasteiger partial charge on any atom is -0.391 e. The number of hydrogen-bond donors (Lipinski definition) is 2. The van der Waals surface area contributed by atoms with Crippen LogP contribution in [0.3, 0.4) is 0 Å². The van der Waals surface area contributed by atoms with E-state index >= 15 is 0 Å². The molecule has 3 atom stereocenters. The minimum absolute atomic E-state index is 0.129. The first-order valence-electron chi connectivity index (χ1n) is 12.9. The second-order valence-corrected chi connectivity index (χ2v) is 10.1. The van der Waals surface area contributed by atoms with E-state index in [1.165, 1.54) is 28.5 Å². The maximum atomic E-state index is 10.8. The highest BCUT2D eigenvalue weighted by Gasteiger charge is 2.34. The number of aliphatic hydroxyl groups is 1. The predicted octanol–water partition coefficient (Wildman–Crippen LogP) is 3.81. The fourth-order valence-electron chi connectivity index (χ4n) is 6.06. The van der Waals surface area contributed by atoms with E-state index in [2.05, 4.69) is 79.6 Å². The maximum absolute atomic E-state index is 10.8. The summed E-state index contributed by atoms with van der Waals surface area (Å²) in [5.74, 6) is 0.661. The summed E-state index contributed by atoms with van der Waals surface area (Å²) in [7, 11) is 0. The standard InChI is InChI=1S/C28H34N6O/c35-27-7-4-12-33(28(27)22-5-2-1-3-6-22)18-21-10-13-32(17-21)14-11-23-16-30-26-9-8-24(15-25(23)26)34-20-29-19-31-34/h1-3,5-6,8-9,15-16,19-21,27-28,30,35H,4,7,10-14,17-18H2/t21-,27?,28?/m1/s1. The van der Waals surface area contributed by atoms with Gasteiger partial charge in [-0.05, 0) is 74.0 Å². The van der Waals surface area contributed by atoms with Crippen LogP contribution in [0.15, 0.2) is 67.4 Å². The number of nitrogens with zero attached hydrogens (tertiary/aromatic N) is 5. The largest absolute Gasteiger partial charge is 0.391 e. The van der Waals surface area contributed by atoms with Gasteiger partial charge in [-0.3, -0.25) is 4.90 Å². The van der Waals surface area contributed by atoms with Crippen molar-refractivity contribution in [3.63, 3.8) is 0 Å². The number of H-pyrrole nitrogens is 1. The van der Waals surface area contributed by atoms with Crippen LogP contribution in [0.2, 0.25) is 0 Å². The third-order valence-corrected chi connectivity index (χ3v) is 7.84. The van der Waals surface area contributed by atoms with E-state index < -0.39 is 0 Å². The van der Waals surface area contributed by atoms with Gasteiger partial charge in [0.05, 0.1) is 17.8 Å². The maximum Gasteiger partial charge on any atom is 0.138 e. The number of piperidine rings is 1. The Morgan fingerprint density at radius 1 is 1.06 bits per heavy atom. The average molecular weight is 471 g/mol. The minimum atomic E-state index is -0.270. The van der Waals surface area contributed by atoms with Crippen molar-refractivity contribution in [1.29, 1.82) is 0 Å². The fourth-order valence-corrected chi connectivity index (χ4v) is 6.06. The van der Waals surface area contributed by atoms with Crippen molar-refractivity contribution in [3.8, 4) is 5.69 Å². The fraction of sp³-hybridized carbons (Fsp3) is 0.429. The summed E-state index contributed by atoms with van der Waals surface area (Å²) in [6.45, 7) is 5.52. The number of rotatable bonds is 7. The number of aromatic amines is 1. The third-order valence-electron chi connectivity index (χ3n) is 7.84. The zero-order valence-electron chi connectivity index (χ0n) is 20.1. The molecule has 0 bridgehead atoms. The summed E-state index contributed by atoms with van der Waals surface area (Å²) in [4.78, 5) is 12.7. The SMILES string of the molecule is OC1CCCN(C[C@@H]2CCN(CCc3c[nH]c4ccc(-n5cncn5)cc34)C2)C1c1ccccc1. The molecule has 2 N–H and O–H groups in total. The molecule has 2 aromatic heterocycles. The molecule has 2 saturated heterocycles. The second-order valence-electron chi connectivity index (χ2n) is 10.1. The molecular weight excluding hydrogens is 436 g/mol. The quantitative estimate of drug-likeness (QED) is 0.430. The first kappa shape index (κ1) is 22.5. The smallest absolute Gasteiger partial charge is 0.138 e. The first-order chi connectivity index (χ1) is 17.2. The van der Waals surface area contributed by atoms with Gasteiger partial charge in [0.2, 0.25) is 0 Å². The highest BCUT2D eigenvalue weighted by molar-refractivity contribution is 5.85. The van der Waals surface area contributed by atoms with Crippen molar-refractivity contribution in [2.75, 3.05) is 32.7 Å². The van der Waals surface area contributed by atoms with Gasteiger partial charge in [0.1, 0.15) is 12.7 Å². The Labute approximate surface area is 206 Å².